The summed E-state index contributed by atoms with van der Waals surface area (Å²) in [5.74, 6) is 2.54. The number of aryl methyl sites for hydroxylation is 1. The quantitative estimate of drug-likeness (QED) is 0.375. The van der Waals surface area contributed by atoms with Gasteiger partial charge in [-0.05, 0) is 60.0 Å². The summed E-state index contributed by atoms with van der Waals surface area (Å²) in [5, 5.41) is 1.19. The van der Waals surface area contributed by atoms with E-state index in [1.807, 2.05) is 31.2 Å². The molecule has 180 valence electrons. The van der Waals surface area contributed by atoms with Gasteiger partial charge in [0, 0.05) is 23.1 Å². The third-order valence-electron chi connectivity index (χ3n) is 6.10. The van der Waals surface area contributed by atoms with Crippen LogP contribution in [-0.4, -0.2) is 31.6 Å². The minimum atomic E-state index is -0.159. The lowest BCUT2D eigenvalue weighted by Crippen LogP contribution is -2.32. The van der Waals surface area contributed by atoms with Gasteiger partial charge in [0.2, 0.25) is 5.78 Å². The van der Waals surface area contributed by atoms with Gasteiger partial charge in [-0.3, -0.25) is 9.69 Å². The summed E-state index contributed by atoms with van der Waals surface area (Å²) in [4.78, 5) is 15.4. The molecule has 5 rings (SSSR count). The SMILES string of the molecule is COc1ccc(/C=C2\Oc3c4c(cc(C)c3C2=O)OCN(Cc2ccc(Cl)cc2Cl)C4)cc1OC. The topological polar surface area (TPSA) is 57.2 Å². The average molecular weight is 512 g/mol. The van der Waals surface area contributed by atoms with E-state index in [1.54, 1.807) is 38.5 Å². The Balaban J connectivity index is 1.45. The van der Waals surface area contributed by atoms with Crippen LogP contribution in [0.3, 0.4) is 0 Å². The number of hydrogen-bond donors (Lipinski definition) is 0. The molecule has 3 aromatic rings. The van der Waals surface area contributed by atoms with E-state index < -0.39 is 0 Å². The Morgan fingerprint density at radius 2 is 1.86 bits per heavy atom. The Kier molecular flexibility index (Phi) is 6.36. The van der Waals surface area contributed by atoms with Gasteiger partial charge in [-0.15, -0.1) is 0 Å². The number of ketones is 1. The maximum absolute atomic E-state index is 13.3. The zero-order valence-corrected chi connectivity index (χ0v) is 21.0. The Labute approximate surface area is 213 Å². The normalized spacial score (nSPS) is 15.9. The number of allylic oxidation sites excluding steroid dienone is 1. The molecule has 0 amide bonds. The molecule has 0 aromatic heterocycles. The molecule has 6 nitrogen and oxygen atoms in total. The van der Waals surface area contributed by atoms with E-state index in [2.05, 4.69) is 4.90 Å². The minimum Gasteiger partial charge on any atom is -0.493 e. The maximum Gasteiger partial charge on any atom is 0.232 e. The van der Waals surface area contributed by atoms with Crippen LogP contribution in [0.4, 0.5) is 0 Å². The summed E-state index contributed by atoms with van der Waals surface area (Å²) in [6.45, 7) is 3.41. The van der Waals surface area contributed by atoms with E-state index in [4.69, 9.17) is 42.1 Å². The van der Waals surface area contributed by atoms with Crippen molar-refractivity contribution in [3.8, 4) is 23.0 Å². The van der Waals surface area contributed by atoms with E-state index in [0.717, 1.165) is 28.0 Å². The van der Waals surface area contributed by atoms with E-state index in [1.165, 1.54) is 0 Å². The van der Waals surface area contributed by atoms with Crippen LogP contribution in [0, 0.1) is 6.92 Å². The van der Waals surface area contributed by atoms with Crippen LogP contribution in [0.5, 0.6) is 23.0 Å². The molecule has 0 aliphatic carbocycles. The summed E-state index contributed by atoms with van der Waals surface area (Å²) in [6.07, 6.45) is 1.71. The number of benzene rings is 3. The molecule has 0 spiro atoms. The molecule has 0 atom stereocenters. The number of rotatable bonds is 5. The van der Waals surface area contributed by atoms with Crippen molar-refractivity contribution in [3.63, 3.8) is 0 Å². The Bertz CT molecular complexity index is 1370. The van der Waals surface area contributed by atoms with E-state index in [0.29, 0.717) is 52.7 Å². The van der Waals surface area contributed by atoms with Gasteiger partial charge in [-0.2, -0.15) is 0 Å². The van der Waals surface area contributed by atoms with Crippen LogP contribution in [-0.2, 0) is 13.1 Å². The van der Waals surface area contributed by atoms with Gasteiger partial charge < -0.3 is 18.9 Å². The Hall–Kier alpha value is -3.19. The van der Waals surface area contributed by atoms with Gasteiger partial charge in [0.25, 0.3) is 0 Å². The monoisotopic (exact) mass is 511 g/mol. The standard InChI is InChI=1S/C27H23Cl2NO5/c1-15-8-22-19(13-30(14-34-22)12-17-5-6-18(28)11-20(17)29)27-25(15)26(31)24(35-27)10-16-4-7-21(32-2)23(9-16)33-3/h4-11H,12-14H2,1-3H3/b24-10-. The number of hydrogen-bond acceptors (Lipinski definition) is 6. The smallest absolute Gasteiger partial charge is 0.232 e. The molecule has 2 heterocycles. The van der Waals surface area contributed by atoms with Crippen molar-refractivity contribution in [2.24, 2.45) is 0 Å². The fourth-order valence-electron chi connectivity index (χ4n) is 4.36. The fourth-order valence-corrected chi connectivity index (χ4v) is 4.83. The fraction of sp³-hybridized carbons (Fsp3) is 0.222. The summed E-state index contributed by atoms with van der Waals surface area (Å²) in [5.41, 5.74) is 3.92. The second-order valence-electron chi connectivity index (χ2n) is 8.42. The van der Waals surface area contributed by atoms with E-state index in [9.17, 15) is 4.79 Å². The first-order valence-electron chi connectivity index (χ1n) is 11.0. The van der Waals surface area contributed by atoms with Crippen molar-refractivity contribution in [1.29, 1.82) is 0 Å². The highest BCUT2D eigenvalue weighted by atomic mass is 35.5. The van der Waals surface area contributed by atoms with Crippen molar-refractivity contribution in [1.82, 2.24) is 4.90 Å². The lowest BCUT2D eigenvalue weighted by atomic mass is 9.98. The summed E-state index contributed by atoms with van der Waals surface area (Å²) < 4.78 is 22.9. The molecule has 8 heteroatoms. The van der Waals surface area contributed by atoms with Crippen LogP contribution < -0.4 is 18.9 Å². The van der Waals surface area contributed by atoms with Crippen molar-refractivity contribution in [3.05, 3.63) is 86.1 Å². The van der Waals surface area contributed by atoms with Gasteiger partial charge >= 0.3 is 0 Å². The molecular formula is C27H23Cl2NO5. The third kappa shape index (κ3) is 4.45. The molecule has 0 N–H and O–H groups in total. The van der Waals surface area contributed by atoms with Gasteiger partial charge in [0.1, 0.15) is 18.2 Å². The number of fused-ring (bicyclic) bond motifs is 3. The first-order valence-corrected chi connectivity index (χ1v) is 11.8. The van der Waals surface area contributed by atoms with Gasteiger partial charge in [-0.1, -0.05) is 35.3 Å². The number of nitrogens with zero attached hydrogens (tertiary/aromatic N) is 1. The van der Waals surface area contributed by atoms with Crippen molar-refractivity contribution < 1.29 is 23.7 Å². The number of carbonyl (C=O) groups is 1. The molecule has 2 aliphatic rings. The summed E-state index contributed by atoms with van der Waals surface area (Å²) in [7, 11) is 3.15. The molecule has 0 unspecified atom stereocenters. The van der Waals surface area contributed by atoms with E-state index in [-0.39, 0.29) is 11.5 Å². The third-order valence-corrected chi connectivity index (χ3v) is 6.69. The van der Waals surface area contributed by atoms with Crippen LogP contribution in [0.15, 0.2) is 48.2 Å². The van der Waals surface area contributed by atoms with Crippen LogP contribution in [0.1, 0.15) is 32.6 Å². The van der Waals surface area contributed by atoms with Crippen molar-refractivity contribution in [2.75, 3.05) is 21.0 Å². The summed E-state index contributed by atoms with van der Waals surface area (Å²) in [6, 6.07) is 12.8. The number of halogens is 2. The molecular weight excluding hydrogens is 489 g/mol. The number of carbonyl (C=O) groups excluding carboxylic acids is 1. The second-order valence-corrected chi connectivity index (χ2v) is 9.27. The second kappa shape index (κ2) is 9.46. The molecule has 0 saturated carbocycles. The molecule has 0 bridgehead atoms. The number of methoxy groups -OCH3 is 2. The van der Waals surface area contributed by atoms with Crippen molar-refractivity contribution >= 4 is 35.1 Å². The lowest BCUT2D eigenvalue weighted by molar-refractivity contribution is 0.0872. The molecule has 2 aliphatic heterocycles. The molecule has 3 aromatic carbocycles. The zero-order valence-electron chi connectivity index (χ0n) is 19.5. The predicted octanol–water partition coefficient (Wildman–Crippen LogP) is 6.29. The maximum atomic E-state index is 13.3. The van der Waals surface area contributed by atoms with Crippen LogP contribution in [0.25, 0.3) is 6.08 Å². The van der Waals surface area contributed by atoms with Crippen molar-refractivity contribution in [2.45, 2.75) is 20.0 Å². The Morgan fingerprint density at radius 3 is 2.60 bits per heavy atom. The molecule has 0 fully saturated rings. The highest BCUT2D eigenvalue weighted by Crippen LogP contribution is 2.44. The van der Waals surface area contributed by atoms with Gasteiger partial charge in [-0.25, -0.2) is 0 Å². The summed E-state index contributed by atoms with van der Waals surface area (Å²) >= 11 is 12.4. The Morgan fingerprint density at radius 1 is 1.06 bits per heavy atom. The number of Topliss-reactive ketones (excluding diaryl/α,β-unsaturated/α-hetero) is 1. The minimum absolute atomic E-state index is 0.159. The molecule has 35 heavy (non-hydrogen) atoms. The first-order chi connectivity index (χ1) is 16.9. The lowest BCUT2D eigenvalue weighted by Gasteiger charge is -2.30. The molecule has 0 saturated heterocycles. The van der Waals surface area contributed by atoms with Gasteiger partial charge in [0.05, 0.1) is 25.3 Å². The zero-order chi connectivity index (χ0) is 24.7. The van der Waals surface area contributed by atoms with Crippen LogP contribution >= 0.6 is 23.2 Å². The van der Waals surface area contributed by atoms with Gasteiger partial charge in [0.15, 0.2) is 17.3 Å². The largest absolute Gasteiger partial charge is 0.493 e. The molecule has 0 radical (unpaired) electrons. The number of ether oxygens (including phenoxy) is 4. The van der Waals surface area contributed by atoms with Crippen LogP contribution in [0.2, 0.25) is 10.0 Å². The van der Waals surface area contributed by atoms with E-state index >= 15 is 0 Å². The highest BCUT2D eigenvalue weighted by Gasteiger charge is 2.35. The predicted molar refractivity (Wildman–Crippen MR) is 135 cm³/mol. The average Bonchev–Trinajstić information content (AvgIpc) is 3.17. The highest BCUT2D eigenvalue weighted by molar-refractivity contribution is 6.35. The first kappa shape index (κ1) is 23.5.